The van der Waals surface area contributed by atoms with E-state index < -0.39 is 0 Å². The number of rotatable bonds is 10. The molecule has 202 valence electrons. The summed E-state index contributed by atoms with van der Waals surface area (Å²) >= 11 is 0. The topological polar surface area (TPSA) is 151 Å². The van der Waals surface area contributed by atoms with Crippen molar-refractivity contribution in [2.24, 2.45) is 16.0 Å². The normalized spacial score (nSPS) is 13.4. The highest BCUT2D eigenvalue weighted by atomic mass is 16.1. The van der Waals surface area contributed by atoms with Gasteiger partial charge >= 0.3 is 0 Å². The van der Waals surface area contributed by atoms with Crippen LogP contribution in [0.2, 0.25) is 0 Å². The molecule has 0 radical (unpaired) electrons. The number of azo groups is 1. The smallest absolute Gasteiger partial charge is 0.231 e. The molecule has 1 aliphatic rings. The summed E-state index contributed by atoms with van der Waals surface area (Å²) in [4.78, 5) is 28.0. The van der Waals surface area contributed by atoms with Crippen molar-refractivity contribution in [1.29, 1.82) is 0 Å². The molecule has 3 heterocycles. The van der Waals surface area contributed by atoms with E-state index in [-0.39, 0.29) is 5.91 Å². The van der Waals surface area contributed by atoms with Crippen LogP contribution in [0.25, 0.3) is 11.2 Å². The highest BCUT2D eigenvalue weighted by Gasteiger charge is 2.15. The summed E-state index contributed by atoms with van der Waals surface area (Å²) in [5.41, 5.74) is 10.8. The van der Waals surface area contributed by atoms with Crippen LogP contribution < -0.4 is 26.6 Å². The average Bonchev–Trinajstić information content (AvgIpc) is 3.62. The minimum Gasteiger partial charge on any atom is -0.372 e. The highest BCUT2D eigenvalue weighted by molar-refractivity contribution is 5.94. The molecule has 4 aromatic rings. The van der Waals surface area contributed by atoms with E-state index in [0.717, 1.165) is 18.8 Å². The number of aryl methyl sites for hydroxylation is 1. The van der Waals surface area contributed by atoms with Crippen molar-refractivity contribution in [2.45, 2.75) is 33.2 Å². The Morgan fingerprint density at radius 2 is 1.77 bits per heavy atom. The number of aromatic nitrogens is 4. The van der Waals surface area contributed by atoms with Gasteiger partial charge in [-0.2, -0.15) is 20.2 Å². The van der Waals surface area contributed by atoms with Crippen LogP contribution in [0.1, 0.15) is 26.7 Å². The van der Waals surface area contributed by atoms with Crippen LogP contribution in [0.4, 0.5) is 40.2 Å². The van der Waals surface area contributed by atoms with E-state index in [1.165, 1.54) is 25.5 Å². The standard InChI is InChI=1S/C27H33N11O/c1-3-37-17-30-24-25(29-13-12-28)33-27(34-26(24)37)32-23-16-20(8-11-22(23)31-18(2)39)36-35-19-6-9-21(10-7-19)38-14-4-5-15-38/h6-11,16-17H,3-5,12-15,28H2,1-2H3,(H,31,39)(H2,29,32,33,34). The number of hydrogen-bond acceptors (Lipinski definition) is 10. The summed E-state index contributed by atoms with van der Waals surface area (Å²) in [6, 6.07) is 13.5. The lowest BCUT2D eigenvalue weighted by atomic mass is 10.2. The van der Waals surface area contributed by atoms with Gasteiger partial charge in [-0.3, -0.25) is 4.79 Å². The number of fused-ring (bicyclic) bond motifs is 1. The summed E-state index contributed by atoms with van der Waals surface area (Å²) in [7, 11) is 0. The second-order valence-electron chi connectivity index (χ2n) is 9.26. The monoisotopic (exact) mass is 527 g/mol. The second kappa shape index (κ2) is 11.9. The van der Waals surface area contributed by atoms with Gasteiger partial charge in [0.05, 0.1) is 29.1 Å². The SMILES string of the molecule is CCn1cnc2c(NCCN)nc(Nc3cc(N=Nc4ccc(N5CCCC5)cc4)ccc3NC(C)=O)nc21. The zero-order valence-electron chi connectivity index (χ0n) is 22.2. The Hall–Kier alpha value is -4.58. The Bertz CT molecular complexity index is 1470. The predicted octanol–water partition coefficient (Wildman–Crippen LogP) is 4.93. The highest BCUT2D eigenvalue weighted by Crippen LogP contribution is 2.32. The molecule has 1 aliphatic heterocycles. The van der Waals surface area contributed by atoms with Crippen molar-refractivity contribution in [3.8, 4) is 0 Å². The van der Waals surface area contributed by atoms with E-state index in [1.807, 2.05) is 23.6 Å². The first-order valence-electron chi connectivity index (χ1n) is 13.2. The van der Waals surface area contributed by atoms with Crippen molar-refractivity contribution in [3.05, 3.63) is 48.8 Å². The van der Waals surface area contributed by atoms with E-state index in [9.17, 15) is 4.79 Å². The van der Waals surface area contributed by atoms with Gasteiger partial charge in [0.2, 0.25) is 11.9 Å². The summed E-state index contributed by atoms with van der Waals surface area (Å²) in [5, 5.41) is 18.2. The molecule has 0 unspecified atom stereocenters. The van der Waals surface area contributed by atoms with E-state index >= 15 is 0 Å². The second-order valence-corrected chi connectivity index (χ2v) is 9.26. The molecule has 0 spiro atoms. The third-order valence-electron chi connectivity index (χ3n) is 6.40. The number of hydrogen-bond donors (Lipinski definition) is 4. The fourth-order valence-electron chi connectivity index (χ4n) is 4.48. The van der Waals surface area contributed by atoms with Crippen LogP contribution in [0.3, 0.4) is 0 Å². The Kier molecular flexibility index (Phi) is 7.92. The van der Waals surface area contributed by atoms with Crippen molar-refractivity contribution in [1.82, 2.24) is 19.5 Å². The Morgan fingerprint density at radius 1 is 1.03 bits per heavy atom. The molecule has 12 heteroatoms. The van der Waals surface area contributed by atoms with Gasteiger partial charge in [0, 0.05) is 45.3 Å². The molecule has 0 atom stereocenters. The molecule has 1 amide bonds. The van der Waals surface area contributed by atoms with Crippen LogP contribution in [-0.2, 0) is 11.3 Å². The van der Waals surface area contributed by atoms with Crippen molar-refractivity contribution in [3.63, 3.8) is 0 Å². The third-order valence-corrected chi connectivity index (χ3v) is 6.40. The van der Waals surface area contributed by atoms with Crippen LogP contribution in [-0.4, -0.2) is 51.6 Å². The Morgan fingerprint density at radius 3 is 2.49 bits per heavy atom. The first-order chi connectivity index (χ1) is 19.0. The van der Waals surface area contributed by atoms with Crippen molar-refractivity contribution in [2.75, 3.05) is 47.0 Å². The number of nitrogens with one attached hydrogen (secondary N) is 3. The largest absolute Gasteiger partial charge is 0.372 e. The quantitative estimate of drug-likeness (QED) is 0.212. The molecule has 0 saturated carbocycles. The van der Waals surface area contributed by atoms with Gasteiger partial charge in [0.1, 0.15) is 0 Å². The molecule has 0 bridgehead atoms. The number of carbonyl (C=O) groups is 1. The molecule has 2 aromatic heterocycles. The lowest BCUT2D eigenvalue weighted by Gasteiger charge is -2.17. The molecule has 5 rings (SSSR count). The van der Waals surface area contributed by atoms with E-state index in [2.05, 4.69) is 53.2 Å². The summed E-state index contributed by atoms with van der Waals surface area (Å²) in [5.74, 6) is 0.723. The molecule has 39 heavy (non-hydrogen) atoms. The maximum atomic E-state index is 11.9. The van der Waals surface area contributed by atoms with Crippen LogP contribution >= 0.6 is 0 Å². The Balaban J connectivity index is 1.43. The minimum absolute atomic E-state index is 0.198. The van der Waals surface area contributed by atoms with E-state index in [4.69, 9.17) is 10.7 Å². The predicted molar refractivity (Wildman–Crippen MR) is 155 cm³/mol. The lowest BCUT2D eigenvalue weighted by Crippen LogP contribution is -2.17. The van der Waals surface area contributed by atoms with Crippen LogP contribution in [0.15, 0.2) is 59.0 Å². The number of amides is 1. The van der Waals surface area contributed by atoms with Gasteiger partial charge in [0.25, 0.3) is 0 Å². The number of anilines is 5. The first kappa shape index (κ1) is 26.0. The molecule has 1 fully saturated rings. The fourth-order valence-corrected chi connectivity index (χ4v) is 4.48. The third kappa shape index (κ3) is 6.12. The van der Waals surface area contributed by atoms with E-state index in [1.54, 1.807) is 24.5 Å². The summed E-state index contributed by atoms with van der Waals surface area (Å²) < 4.78 is 1.93. The molecule has 2 aromatic carbocycles. The van der Waals surface area contributed by atoms with Gasteiger partial charge in [-0.25, -0.2) is 4.98 Å². The molecule has 1 saturated heterocycles. The number of nitrogens with two attached hydrogens (primary N) is 1. The van der Waals surface area contributed by atoms with Crippen molar-refractivity contribution < 1.29 is 4.79 Å². The number of benzene rings is 2. The number of imidazole rings is 1. The minimum atomic E-state index is -0.198. The van der Waals surface area contributed by atoms with Crippen LogP contribution in [0, 0.1) is 0 Å². The average molecular weight is 528 g/mol. The van der Waals surface area contributed by atoms with Gasteiger partial charge in [-0.15, -0.1) is 0 Å². The molecule has 0 aliphatic carbocycles. The van der Waals surface area contributed by atoms with Crippen LogP contribution in [0.5, 0.6) is 0 Å². The van der Waals surface area contributed by atoms with Gasteiger partial charge < -0.3 is 31.2 Å². The maximum absolute atomic E-state index is 11.9. The van der Waals surface area contributed by atoms with Gasteiger partial charge in [-0.1, -0.05) is 0 Å². The molecule has 12 nitrogen and oxygen atoms in total. The Labute approximate surface area is 226 Å². The number of nitrogens with zero attached hydrogens (tertiary/aromatic N) is 7. The zero-order valence-corrected chi connectivity index (χ0v) is 22.2. The zero-order chi connectivity index (χ0) is 27.2. The molecular formula is C27H33N11O. The summed E-state index contributed by atoms with van der Waals surface area (Å²) in [6.45, 7) is 7.36. The van der Waals surface area contributed by atoms with Crippen molar-refractivity contribution >= 4 is 57.3 Å². The van der Waals surface area contributed by atoms with E-state index in [0.29, 0.717) is 59.6 Å². The lowest BCUT2D eigenvalue weighted by molar-refractivity contribution is -0.114. The van der Waals surface area contributed by atoms with Gasteiger partial charge in [0.15, 0.2) is 17.0 Å². The number of carbonyl (C=O) groups excluding carboxylic acids is 1. The maximum Gasteiger partial charge on any atom is 0.231 e. The molecular weight excluding hydrogens is 494 g/mol. The van der Waals surface area contributed by atoms with Gasteiger partial charge in [-0.05, 0) is 62.2 Å². The molecule has 5 N–H and O–H groups in total. The summed E-state index contributed by atoms with van der Waals surface area (Å²) in [6.07, 6.45) is 4.20. The first-order valence-corrected chi connectivity index (χ1v) is 13.2. The fraction of sp³-hybridized carbons (Fsp3) is 0.333.